The molecule has 0 spiro atoms. The van der Waals surface area contributed by atoms with E-state index in [4.69, 9.17) is 0 Å². The normalized spacial score (nSPS) is 23.5. The van der Waals surface area contributed by atoms with Crippen molar-refractivity contribution in [3.05, 3.63) is 0 Å². The van der Waals surface area contributed by atoms with E-state index in [9.17, 15) is 9.59 Å². The molecule has 5 nitrogen and oxygen atoms in total. The van der Waals surface area contributed by atoms with Gasteiger partial charge in [-0.1, -0.05) is 26.7 Å². The molecule has 104 valence electrons. The van der Waals surface area contributed by atoms with Crippen LogP contribution in [0.15, 0.2) is 0 Å². The second-order valence-corrected chi connectivity index (χ2v) is 4.64. The molecule has 0 radical (unpaired) electrons. The van der Waals surface area contributed by atoms with Gasteiger partial charge in [-0.05, 0) is 12.8 Å². The van der Waals surface area contributed by atoms with E-state index in [1.54, 1.807) is 4.90 Å². The van der Waals surface area contributed by atoms with Gasteiger partial charge in [0.15, 0.2) is 0 Å². The average molecular weight is 256 g/mol. The SMILES string of the molecule is CCCCC1NC(CC)N(CCC(=O)OC)C1=O. The van der Waals surface area contributed by atoms with Gasteiger partial charge in [0, 0.05) is 6.54 Å². The monoisotopic (exact) mass is 256 g/mol. The quantitative estimate of drug-likeness (QED) is 0.697. The number of carbonyl (C=O) groups is 2. The summed E-state index contributed by atoms with van der Waals surface area (Å²) in [6, 6.07) is -0.0763. The Morgan fingerprint density at radius 2 is 2.17 bits per heavy atom. The highest BCUT2D eigenvalue weighted by Gasteiger charge is 2.37. The van der Waals surface area contributed by atoms with Gasteiger partial charge in [-0.15, -0.1) is 0 Å². The Morgan fingerprint density at radius 1 is 1.44 bits per heavy atom. The molecule has 1 amide bonds. The van der Waals surface area contributed by atoms with Crippen molar-refractivity contribution < 1.29 is 14.3 Å². The number of ether oxygens (including phenoxy) is 1. The van der Waals surface area contributed by atoms with Gasteiger partial charge in [-0.25, -0.2) is 0 Å². The third kappa shape index (κ3) is 3.70. The van der Waals surface area contributed by atoms with Crippen molar-refractivity contribution in [3.63, 3.8) is 0 Å². The molecule has 5 heteroatoms. The fourth-order valence-corrected chi connectivity index (χ4v) is 2.28. The molecule has 0 bridgehead atoms. The zero-order valence-electron chi connectivity index (χ0n) is 11.6. The Labute approximate surface area is 109 Å². The predicted octanol–water partition coefficient (Wildman–Crippen LogP) is 1.28. The lowest BCUT2D eigenvalue weighted by Gasteiger charge is -2.22. The largest absolute Gasteiger partial charge is 0.469 e. The summed E-state index contributed by atoms with van der Waals surface area (Å²) in [6.07, 6.45) is 4.19. The van der Waals surface area contributed by atoms with Gasteiger partial charge in [-0.2, -0.15) is 0 Å². The van der Waals surface area contributed by atoms with Crippen molar-refractivity contribution in [3.8, 4) is 0 Å². The number of nitrogens with zero attached hydrogens (tertiary/aromatic N) is 1. The minimum atomic E-state index is -0.269. The maximum atomic E-state index is 12.2. The van der Waals surface area contributed by atoms with Gasteiger partial charge in [0.2, 0.25) is 5.91 Å². The highest BCUT2D eigenvalue weighted by Crippen LogP contribution is 2.17. The van der Waals surface area contributed by atoms with Gasteiger partial charge in [0.1, 0.15) is 0 Å². The minimum absolute atomic E-state index is 0.0593. The average Bonchev–Trinajstić information content (AvgIpc) is 2.69. The number of rotatable bonds is 7. The van der Waals surface area contributed by atoms with Crippen LogP contribution in [0.1, 0.15) is 46.0 Å². The summed E-state index contributed by atoms with van der Waals surface area (Å²) in [5.41, 5.74) is 0. The first-order valence-electron chi connectivity index (χ1n) is 6.77. The molecule has 2 atom stereocenters. The molecule has 2 unspecified atom stereocenters. The van der Waals surface area contributed by atoms with Crippen LogP contribution in [-0.2, 0) is 14.3 Å². The van der Waals surface area contributed by atoms with Gasteiger partial charge < -0.3 is 9.64 Å². The van der Waals surface area contributed by atoms with Crippen LogP contribution in [0, 0.1) is 0 Å². The number of methoxy groups -OCH3 is 1. The first-order valence-corrected chi connectivity index (χ1v) is 6.77. The molecule has 1 saturated heterocycles. The summed E-state index contributed by atoms with van der Waals surface area (Å²) in [4.78, 5) is 25.1. The number of esters is 1. The molecule has 0 aromatic heterocycles. The van der Waals surface area contributed by atoms with E-state index in [-0.39, 0.29) is 30.5 Å². The van der Waals surface area contributed by atoms with Crippen molar-refractivity contribution in [2.75, 3.05) is 13.7 Å². The molecule has 0 saturated carbocycles. The highest BCUT2D eigenvalue weighted by atomic mass is 16.5. The Balaban J connectivity index is 2.53. The van der Waals surface area contributed by atoms with Gasteiger partial charge in [0.25, 0.3) is 0 Å². The van der Waals surface area contributed by atoms with Gasteiger partial charge in [-0.3, -0.25) is 14.9 Å². The van der Waals surface area contributed by atoms with Crippen LogP contribution >= 0.6 is 0 Å². The number of carbonyl (C=O) groups excluding carboxylic acids is 2. The van der Waals surface area contributed by atoms with E-state index in [0.717, 1.165) is 25.7 Å². The Bertz CT molecular complexity index is 294. The summed E-state index contributed by atoms with van der Waals surface area (Å²) in [5.74, 6) is -0.145. The van der Waals surface area contributed by atoms with Crippen molar-refractivity contribution in [2.45, 2.75) is 58.2 Å². The standard InChI is InChI=1S/C13H24N2O3/c1-4-6-7-10-13(17)15(11(5-2)14-10)9-8-12(16)18-3/h10-11,14H,4-9H2,1-3H3. The molecule has 1 aliphatic rings. The molecule has 1 heterocycles. The lowest BCUT2D eigenvalue weighted by atomic mass is 10.1. The Hall–Kier alpha value is -1.10. The Kier molecular flexibility index (Phi) is 6.12. The van der Waals surface area contributed by atoms with E-state index in [2.05, 4.69) is 17.0 Å². The van der Waals surface area contributed by atoms with Gasteiger partial charge in [0.05, 0.1) is 25.7 Å². The summed E-state index contributed by atoms with van der Waals surface area (Å²) < 4.78 is 4.61. The van der Waals surface area contributed by atoms with Crippen molar-refractivity contribution >= 4 is 11.9 Å². The second-order valence-electron chi connectivity index (χ2n) is 4.64. The first-order chi connectivity index (χ1) is 8.63. The summed E-state index contributed by atoms with van der Waals surface area (Å²) in [6.45, 7) is 4.60. The van der Waals surface area contributed by atoms with E-state index in [1.165, 1.54) is 7.11 Å². The number of amides is 1. The molecule has 0 aromatic rings. The second kappa shape index (κ2) is 7.36. The smallest absolute Gasteiger partial charge is 0.307 e. The summed E-state index contributed by atoms with van der Waals surface area (Å²) in [5, 5.41) is 3.34. The molecule has 18 heavy (non-hydrogen) atoms. The predicted molar refractivity (Wildman–Crippen MR) is 68.9 cm³/mol. The fraction of sp³-hybridized carbons (Fsp3) is 0.846. The molecular weight excluding hydrogens is 232 g/mol. The van der Waals surface area contributed by atoms with E-state index >= 15 is 0 Å². The third-order valence-electron chi connectivity index (χ3n) is 3.37. The number of hydrogen-bond donors (Lipinski definition) is 1. The topological polar surface area (TPSA) is 58.6 Å². The molecule has 1 aliphatic heterocycles. The van der Waals surface area contributed by atoms with Crippen LogP contribution < -0.4 is 5.32 Å². The van der Waals surface area contributed by atoms with Crippen molar-refractivity contribution in [1.82, 2.24) is 10.2 Å². The third-order valence-corrected chi connectivity index (χ3v) is 3.37. The molecule has 1 rings (SSSR count). The minimum Gasteiger partial charge on any atom is -0.469 e. The molecular formula is C13H24N2O3. The Morgan fingerprint density at radius 3 is 2.72 bits per heavy atom. The summed E-state index contributed by atoms with van der Waals surface area (Å²) >= 11 is 0. The zero-order valence-corrected chi connectivity index (χ0v) is 11.6. The molecule has 1 N–H and O–H groups in total. The van der Waals surface area contributed by atoms with Crippen LogP contribution in [0.25, 0.3) is 0 Å². The summed E-state index contributed by atoms with van der Waals surface area (Å²) in [7, 11) is 1.37. The first kappa shape index (κ1) is 15.0. The highest BCUT2D eigenvalue weighted by molar-refractivity contribution is 5.84. The number of unbranched alkanes of at least 4 members (excludes halogenated alkanes) is 1. The van der Waals surface area contributed by atoms with E-state index < -0.39 is 0 Å². The maximum Gasteiger partial charge on any atom is 0.307 e. The van der Waals surface area contributed by atoms with E-state index in [1.807, 2.05) is 6.92 Å². The van der Waals surface area contributed by atoms with Crippen LogP contribution in [-0.4, -0.2) is 42.6 Å². The fourth-order valence-electron chi connectivity index (χ4n) is 2.28. The van der Waals surface area contributed by atoms with E-state index in [0.29, 0.717) is 6.54 Å². The van der Waals surface area contributed by atoms with Crippen molar-refractivity contribution in [1.29, 1.82) is 0 Å². The van der Waals surface area contributed by atoms with Crippen LogP contribution in [0.4, 0.5) is 0 Å². The van der Waals surface area contributed by atoms with Crippen molar-refractivity contribution in [2.24, 2.45) is 0 Å². The number of hydrogen-bond acceptors (Lipinski definition) is 4. The zero-order chi connectivity index (χ0) is 13.5. The van der Waals surface area contributed by atoms with Gasteiger partial charge >= 0.3 is 5.97 Å². The maximum absolute atomic E-state index is 12.2. The molecule has 0 aliphatic carbocycles. The molecule has 1 fully saturated rings. The lowest BCUT2D eigenvalue weighted by molar-refractivity contribution is -0.141. The van der Waals surface area contributed by atoms with Crippen LogP contribution in [0.3, 0.4) is 0 Å². The van der Waals surface area contributed by atoms with Crippen LogP contribution in [0.5, 0.6) is 0 Å². The molecule has 0 aromatic carbocycles. The lowest BCUT2D eigenvalue weighted by Crippen LogP contribution is -2.38. The number of nitrogens with one attached hydrogen (secondary N) is 1. The van der Waals surface area contributed by atoms with Crippen LogP contribution in [0.2, 0.25) is 0 Å².